The minimum absolute atomic E-state index is 0.541. The van der Waals surface area contributed by atoms with Gasteiger partial charge in [0.15, 0.2) is 0 Å². The number of nitrogens with zero attached hydrogens (tertiary/aromatic N) is 1. The first kappa shape index (κ1) is 6.04. The highest BCUT2D eigenvalue weighted by Gasteiger charge is 2.19. The van der Waals surface area contributed by atoms with Crippen molar-refractivity contribution in [2.75, 3.05) is 19.6 Å². The molecule has 3 heteroatoms. The molecule has 0 aromatic heterocycles. The third kappa shape index (κ3) is 0.968. The Morgan fingerprint density at radius 2 is 2.50 bits per heavy atom. The lowest BCUT2D eigenvalue weighted by Gasteiger charge is -2.38. The van der Waals surface area contributed by atoms with Crippen LogP contribution in [-0.2, 0) is 0 Å². The van der Waals surface area contributed by atoms with E-state index in [2.05, 4.69) is 21.7 Å². The zero-order valence-electron chi connectivity index (χ0n) is 6.01. The van der Waals surface area contributed by atoms with E-state index in [0.29, 0.717) is 6.17 Å². The number of fused-ring (bicyclic) bond motifs is 1. The molecule has 0 aromatic rings. The Morgan fingerprint density at radius 3 is 3.40 bits per heavy atom. The van der Waals surface area contributed by atoms with Crippen LogP contribution >= 0.6 is 0 Å². The van der Waals surface area contributed by atoms with E-state index in [1.165, 1.54) is 13.0 Å². The van der Waals surface area contributed by atoms with E-state index in [1.54, 1.807) is 0 Å². The van der Waals surface area contributed by atoms with Gasteiger partial charge in [0, 0.05) is 25.5 Å². The van der Waals surface area contributed by atoms with Crippen LogP contribution in [0.2, 0.25) is 0 Å². The summed E-state index contributed by atoms with van der Waals surface area (Å²) in [7, 11) is 0. The van der Waals surface area contributed by atoms with Gasteiger partial charge in [-0.3, -0.25) is 5.32 Å². The normalized spacial score (nSPS) is 31.2. The van der Waals surface area contributed by atoms with Gasteiger partial charge in [-0.1, -0.05) is 0 Å². The van der Waals surface area contributed by atoms with E-state index in [4.69, 9.17) is 0 Å². The molecule has 1 atom stereocenters. The fourth-order valence-corrected chi connectivity index (χ4v) is 1.50. The summed E-state index contributed by atoms with van der Waals surface area (Å²) in [5.74, 6) is 0. The second-order valence-electron chi connectivity index (χ2n) is 2.79. The minimum Gasteiger partial charge on any atom is -0.386 e. The standard InChI is InChI=1S/C7H13N3/c1-2-9-7-6-8-3-5-10(7)4-1/h3,5,7-9H,1-2,4,6H2. The van der Waals surface area contributed by atoms with Gasteiger partial charge < -0.3 is 10.2 Å². The molecule has 56 valence electrons. The Labute approximate surface area is 61.1 Å². The molecule has 0 spiro atoms. The molecular weight excluding hydrogens is 126 g/mol. The van der Waals surface area contributed by atoms with Crippen molar-refractivity contribution >= 4 is 0 Å². The quantitative estimate of drug-likeness (QED) is 0.482. The van der Waals surface area contributed by atoms with Crippen LogP contribution in [0.4, 0.5) is 0 Å². The van der Waals surface area contributed by atoms with Crippen molar-refractivity contribution in [3.05, 3.63) is 12.4 Å². The fourth-order valence-electron chi connectivity index (χ4n) is 1.50. The SMILES string of the molecule is C1=CN2CCCNC2CN1. The van der Waals surface area contributed by atoms with Gasteiger partial charge in [-0.25, -0.2) is 0 Å². The Hall–Kier alpha value is -0.700. The van der Waals surface area contributed by atoms with Crippen molar-refractivity contribution in [1.29, 1.82) is 0 Å². The van der Waals surface area contributed by atoms with Crippen molar-refractivity contribution in [2.24, 2.45) is 0 Å². The molecule has 1 saturated heterocycles. The summed E-state index contributed by atoms with van der Waals surface area (Å²) in [5, 5.41) is 6.63. The lowest BCUT2D eigenvalue weighted by atomic mass is 10.2. The summed E-state index contributed by atoms with van der Waals surface area (Å²) in [6.07, 6.45) is 5.95. The Morgan fingerprint density at radius 1 is 1.50 bits per heavy atom. The van der Waals surface area contributed by atoms with Gasteiger partial charge in [-0.15, -0.1) is 0 Å². The van der Waals surface area contributed by atoms with Crippen molar-refractivity contribution < 1.29 is 0 Å². The maximum Gasteiger partial charge on any atom is 0.0966 e. The molecule has 0 aliphatic carbocycles. The molecule has 1 fully saturated rings. The van der Waals surface area contributed by atoms with Crippen LogP contribution in [0.3, 0.4) is 0 Å². The molecule has 0 saturated carbocycles. The highest BCUT2D eigenvalue weighted by Crippen LogP contribution is 2.06. The number of hydrogen-bond acceptors (Lipinski definition) is 3. The maximum atomic E-state index is 3.43. The zero-order chi connectivity index (χ0) is 6.81. The van der Waals surface area contributed by atoms with Crippen LogP contribution in [0.1, 0.15) is 6.42 Å². The summed E-state index contributed by atoms with van der Waals surface area (Å²) < 4.78 is 0. The van der Waals surface area contributed by atoms with E-state index >= 15 is 0 Å². The second-order valence-corrected chi connectivity index (χ2v) is 2.79. The van der Waals surface area contributed by atoms with Crippen molar-refractivity contribution in [2.45, 2.75) is 12.6 Å². The van der Waals surface area contributed by atoms with E-state index < -0.39 is 0 Å². The van der Waals surface area contributed by atoms with Gasteiger partial charge in [0.05, 0.1) is 6.17 Å². The predicted octanol–water partition coefficient (Wildman–Crippen LogP) is -0.318. The average molecular weight is 139 g/mol. The number of nitrogens with one attached hydrogen (secondary N) is 2. The highest BCUT2D eigenvalue weighted by atomic mass is 15.3. The van der Waals surface area contributed by atoms with Crippen LogP contribution in [0.25, 0.3) is 0 Å². The van der Waals surface area contributed by atoms with E-state index in [9.17, 15) is 0 Å². The minimum atomic E-state index is 0.541. The second kappa shape index (κ2) is 2.50. The van der Waals surface area contributed by atoms with Crippen LogP contribution in [0.15, 0.2) is 12.4 Å². The average Bonchev–Trinajstić information content (AvgIpc) is 2.05. The van der Waals surface area contributed by atoms with Gasteiger partial charge in [-0.2, -0.15) is 0 Å². The molecule has 2 N–H and O–H groups in total. The summed E-state index contributed by atoms with van der Waals surface area (Å²) in [5.41, 5.74) is 0. The molecule has 0 bridgehead atoms. The first-order valence-corrected chi connectivity index (χ1v) is 3.86. The fraction of sp³-hybridized carbons (Fsp3) is 0.714. The van der Waals surface area contributed by atoms with Gasteiger partial charge in [0.25, 0.3) is 0 Å². The van der Waals surface area contributed by atoms with Crippen LogP contribution < -0.4 is 10.6 Å². The number of rotatable bonds is 0. The largest absolute Gasteiger partial charge is 0.386 e. The summed E-state index contributed by atoms with van der Waals surface area (Å²) >= 11 is 0. The van der Waals surface area contributed by atoms with E-state index in [0.717, 1.165) is 13.1 Å². The van der Waals surface area contributed by atoms with Gasteiger partial charge in [0.2, 0.25) is 0 Å². The first-order valence-electron chi connectivity index (χ1n) is 3.86. The molecule has 0 radical (unpaired) electrons. The van der Waals surface area contributed by atoms with Crippen LogP contribution in [-0.4, -0.2) is 30.7 Å². The van der Waals surface area contributed by atoms with Gasteiger partial charge in [0.1, 0.15) is 0 Å². The topological polar surface area (TPSA) is 27.3 Å². The summed E-state index contributed by atoms with van der Waals surface area (Å²) in [6, 6.07) is 0. The molecule has 2 aliphatic rings. The molecule has 1 unspecified atom stereocenters. The Balaban J connectivity index is 2.03. The maximum absolute atomic E-state index is 3.43. The lowest BCUT2D eigenvalue weighted by molar-refractivity contribution is 0.180. The van der Waals surface area contributed by atoms with E-state index in [1.807, 2.05) is 6.20 Å². The number of hydrogen-bond donors (Lipinski definition) is 2. The molecule has 3 nitrogen and oxygen atoms in total. The third-order valence-electron chi connectivity index (χ3n) is 2.07. The monoisotopic (exact) mass is 139 g/mol. The van der Waals surface area contributed by atoms with Crippen LogP contribution in [0.5, 0.6) is 0 Å². The zero-order valence-corrected chi connectivity index (χ0v) is 6.01. The molecule has 10 heavy (non-hydrogen) atoms. The molecule has 0 amide bonds. The third-order valence-corrected chi connectivity index (χ3v) is 2.07. The van der Waals surface area contributed by atoms with Crippen molar-refractivity contribution in [3.8, 4) is 0 Å². The van der Waals surface area contributed by atoms with Gasteiger partial charge >= 0.3 is 0 Å². The Kier molecular flexibility index (Phi) is 1.51. The smallest absolute Gasteiger partial charge is 0.0966 e. The molecular formula is C7H13N3. The summed E-state index contributed by atoms with van der Waals surface area (Å²) in [6.45, 7) is 3.41. The predicted molar refractivity (Wildman–Crippen MR) is 40.3 cm³/mol. The highest BCUT2D eigenvalue weighted by molar-refractivity contribution is 4.93. The molecule has 2 rings (SSSR count). The lowest BCUT2D eigenvalue weighted by Crippen LogP contribution is -2.55. The van der Waals surface area contributed by atoms with Gasteiger partial charge in [-0.05, 0) is 13.0 Å². The first-order chi connectivity index (χ1) is 4.97. The molecule has 2 aliphatic heterocycles. The van der Waals surface area contributed by atoms with Crippen molar-refractivity contribution in [3.63, 3.8) is 0 Å². The van der Waals surface area contributed by atoms with E-state index in [-0.39, 0.29) is 0 Å². The molecule has 2 heterocycles. The van der Waals surface area contributed by atoms with Crippen molar-refractivity contribution in [1.82, 2.24) is 15.5 Å². The van der Waals surface area contributed by atoms with Crippen LogP contribution in [0, 0.1) is 0 Å². The summed E-state index contributed by atoms with van der Waals surface area (Å²) in [4.78, 5) is 2.35. The molecule has 0 aromatic carbocycles. The Bertz CT molecular complexity index is 144.